The standard InChI is InChI=1S/C39H61N7O9S/c1-10-13-28(31(47)34(49)40-26-16-17-26)41-33(48)29-20-27(55-37(52)45-19-18-24-14-11-12-15-25(24)21-45)22-46(29)35(50)32(39(5,6)7)43-36(51)42-30(38(2,3)4)23-44(8)56(9,53)54/h11-12,14-15,26-30,32H,10,13,16-23H2,1-9H3,(H,40,49)(H,41,48)(H2,42,43,51)/t27-,28?,29+,30?,32-/m1/s1. The molecule has 3 aliphatic rings. The lowest BCUT2D eigenvalue weighted by molar-refractivity contribution is -0.144. The number of nitrogens with one attached hydrogen (secondary N) is 4. The summed E-state index contributed by atoms with van der Waals surface area (Å²) in [7, 11) is -2.14. The number of amides is 6. The molecule has 2 aliphatic heterocycles. The van der Waals surface area contributed by atoms with Crippen molar-refractivity contribution in [3.8, 4) is 0 Å². The zero-order chi connectivity index (χ0) is 41.7. The number of benzene rings is 1. The SMILES string of the molecule is CCCC(NC(=O)[C@@H]1C[C@@H](OC(=O)N2CCc3ccccc3C2)CN1C(=O)[C@@H](NC(=O)NC(CN(C)S(C)(=O)=O)C(C)(C)C)C(C)(C)C)C(=O)C(=O)NC1CC1. The second-order valence-corrected chi connectivity index (χ2v) is 19.6. The Morgan fingerprint density at radius 2 is 1.59 bits per heavy atom. The first kappa shape index (κ1) is 44.5. The number of likely N-dealkylation sites (N-methyl/N-ethyl adjacent to an activating group) is 1. The van der Waals surface area contributed by atoms with Gasteiger partial charge in [0.15, 0.2) is 0 Å². The smallest absolute Gasteiger partial charge is 0.410 e. The lowest BCUT2D eigenvalue weighted by atomic mass is 9.85. The van der Waals surface area contributed by atoms with Crippen LogP contribution in [0.5, 0.6) is 0 Å². The van der Waals surface area contributed by atoms with Crippen LogP contribution in [0.1, 0.15) is 91.7 Å². The molecule has 312 valence electrons. The minimum atomic E-state index is -3.56. The van der Waals surface area contributed by atoms with E-state index in [2.05, 4.69) is 21.3 Å². The number of ether oxygens (including phenoxy) is 1. The highest BCUT2D eigenvalue weighted by molar-refractivity contribution is 7.88. The van der Waals surface area contributed by atoms with Crippen LogP contribution < -0.4 is 21.3 Å². The third-order valence-corrected chi connectivity index (χ3v) is 11.9. The van der Waals surface area contributed by atoms with Crippen LogP contribution in [0.4, 0.5) is 9.59 Å². The Balaban J connectivity index is 1.57. The minimum absolute atomic E-state index is 0.0236. The van der Waals surface area contributed by atoms with Crippen molar-refractivity contribution in [2.24, 2.45) is 10.8 Å². The molecule has 2 heterocycles. The second-order valence-electron chi connectivity index (χ2n) is 17.5. The summed E-state index contributed by atoms with van der Waals surface area (Å²) in [6.07, 6.45) is 2.38. The van der Waals surface area contributed by atoms with Crippen molar-refractivity contribution in [3.63, 3.8) is 0 Å². The molecule has 1 saturated heterocycles. The van der Waals surface area contributed by atoms with Crippen LogP contribution >= 0.6 is 0 Å². The highest BCUT2D eigenvalue weighted by atomic mass is 32.2. The number of urea groups is 1. The van der Waals surface area contributed by atoms with Gasteiger partial charge in [0.2, 0.25) is 27.6 Å². The Kier molecular flexibility index (Phi) is 14.2. The molecule has 0 aromatic heterocycles. The zero-order valence-electron chi connectivity index (χ0n) is 34.3. The van der Waals surface area contributed by atoms with Crippen molar-refractivity contribution in [3.05, 3.63) is 35.4 Å². The molecule has 0 spiro atoms. The molecule has 6 amide bonds. The molecule has 4 N–H and O–H groups in total. The molecule has 56 heavy (non-hydrogen) atoms. The Hall–Kier alpha value is -4.25. The van der Waals surface area contributed by atoms with Gasteiger partial charge < -0.3 is 35.8 Å². The van der Waals surface area contributed by atoms with Crippen LogP contribution in [-0.4, -0.2) is 127 Å². The lowest BCUT2D eigenvalue weighted by Gasteiger charge is -2.37. The van der Waals surface area contributed by atoms with Crippen LogP contribution in [0.3, 0.4) is 0 Å². The highest BCUT2D eigenvalue weighted by Gasteiger charge is 2.47. The number of rotatable bonds is 14. The van der Waals surface area contributed by atoms with E-state index in [0.29, 0.717) is 25.9 Å². The van der Waals surface area contributed by atoms with Crippen molar-refractivity contribution in [1.82, 2.24) is 35.4 Å². The number of ketones is 1. The molecule has 2 unspecified atom stereocenters. The Morgan fingerprint density at radius 3 is 2.16 bits per heavy atom. The number of sulfonamides is 1. The van der Waals surface area contributed by atoms with Gasteiger partial charge in [-0.05, 0) is 47.6 Å². The molecular weight excluding hydrogens is 743 g/mol. The number of fused-ring (bicyclic) bond motifs is 1. The monoisotopic (exact) mass is 803 g/mol. The summed E-state index contributed by atoms with van der Waals surface area (Å²) in [6, 6.07) is 2.85. The van der Waals surface area contributed by atoms with Crippen molar-refractivity contribution in [2.45, 2.75) is 130 Å². The fraction of sp³-hybridized carbons (Fsp3) is 0.692. The molecule has 1 aliphatic carbocycles. The summed E-state index contributed by atoms with van der Waals surface area (Å²) >= 11 is 0. The molecule has 1 aromatic carbocycles. The maximum Gasteiger partial charge on any atom is 0.410 e. The maximum atomic E-state index is 14.6. The van der Waals surface area contributed by atoms with Gasteiger partial charge in [-0.15, -0.1) is 0 Å². The second kappa shape index (κ2) is 17.9. The topological polar surface area (TPSA) is 204 Å². The van der Waals surface area contributed by atoms with Crippen LogP contribution in [0.15, 0.2) is 24.3 Å². The quantitative estimate of drug-likeness (QED) is 0.204. The van der Waals surface area contributed by atoms with Crippen molar-refractivity contribution >= 4 is 45.7 Å². The summed E-state index contributed by atoms with van der Waals surface area (Å²) in [6.45, 7) is 13.2. The van der Waals surface area contributed by atoms with E-state index in [1.54, 1.807) is 25.7 Å². The Morgan fingerprint density at radius 1 is 0.946 bits per heavy atom. The molecule has 17 heteroatoms. The Bertz CT molecular complexity index is 1750. The number of hydrogen-bond donors (Lipinski definition) is 4. The molecule has 1 aromatic rings. The first-order valence-electron chi connectivity index (χ1n) is 19.5. The highest BCUT2D eigenvalue weighted by Crippen LogP contribution is 2.29. The maximum absolute atomic E-state index is 14.6. The number of likely N-dealkylation sites (tertiary alicyclic amines) is 1. The van der Waals surface area contributed by atoms with Gasteiger partial charge in [-0.25, -0.2) is 22.3 Å². The van der Waals surface area contributed by atoms with Gasteiger partial charge in [-0.1, -0.05) is 79.2 Å². The predicted octanol–water partition coefficient (Wildman–Crippen LogP) is 2.30. The third kappa shape index (κ3) is 11.9. The lowest BCUT2D eigenvalue weighted by Crippen LogP contribution is -2.62. The third-order valence-electron chi connectivity index (χ3n) is 10.6. The number of carbonyl (C=O) groups excluding carboxylic acids is 6. The molecule has 1 saturated carbocycles. The number of hydrogen-bond acceptors (Lipinski definition) is 9. The Labute approximate surface area is 331 Å². The fourth-order valence-corrected chi connectivity index (χ4v) is 7.21. The summed E-state index contributed by atoms with van der Waals surface area (Å²) < 4.78 is 31.5. The van der Waals surface area contributed by atoms with Crippen LogP contribution in [0.25, 0.3) is 0 Å². The van der Waals surface area contributed by atoms with E-state index in [-0.39, 0.29) is 32.0 Å². The molecule has 5 atom stereocenters. The van der Waals surface area contributed by atoms with E-state index in [1.807, 2.05) is 52.0 Å². The first-order valence-corrected chi connectivity index (χ1v) is 21.3. The van der Waals surface area contributed by atoms with Gasteiger partial charge in [-0.3, -0.25) is 19.2 Å². The molecule has 0 bridgehead atoms. The van der Waals surface area contributed by atoms with E-state index in [4.69, 9.17) is 4.74 Å². The van der Waals surface area contributed by atoms with E-state index < -0.39 is 86.8 Å². The minimum Gasteiger partial charge on any atom is -0.444 e. The molecule has 0 radical (unpaired) electrons. The first-order chi connectivity index (χ1) is 26.0. The van der Waals surface area contributed by atoms with Crippen molar-refractivity contribution in [1.29, 1.82) is 0 Å². The van der Waals surface area contributed by atoms with Gasteiger partial charge in [0.1, 0.15) is 18.2 Å². The average molecular weight is 804 g/mol. The largest absolute Gasteiger partial charge is 0.444 e. The summed E-state index contributed by atoms with van der Waals surface area (Å²) in [5.74, 6) is -2.87. The van der Waals surface area contributed by atoms with Gasteiger partial charge in [0.05, 0.1) is 18.8 Å². The fourth-order valence-electron chi connectivity index (χ4n) is 6.79. The van der Waals surface area contributed by atoms with Gasteiger partial charge >= 0.3 is 12.1 Å². The van der Waals surface area contributed by atoms with Gasteiger partial charge in [0.25, 0.3) is 5.91 Å². The van der Waals surface area contributed by atoms with E-state index in [1.165, 1.54) is 11.9 Å². The van der Waals surface area contributed by atoms with E-state index in [0.717, 1.165) is 34.5 Å². The molecule has 16 nitrogen and oxygen atoms in total. The summed E-state index contributed by atoms with van der Waals surface area (Å²) in [5, 5.41) is 11.0. The normalized spacial score (nSPS) is 20.3. The molecular formula is C39H61N7O9S. The molecule has 2 fully saturated rings. The van der Waals surface area contributed by atoms with Crippen molar-refractivity contribution in [2.75, 3.05) is 32.9 Å². The van der Waals surface area contributed by atoms with E-state index >= 15 is 0 Å². The van der Waals surface area contributed by atoms with Crippen molar-refractivity contribution < 1.29 is 41.9 Å². The summed E-state index contributed by atoms with van der Waals surface area (Å²) in [5.41, 5.74) is 0.676. The summed E-state index contributed by atoms with van der Waals surface area (Å²) in [4.78, 5) is 84.6. The number of carbonyl (C=O) groups is 6. The zero-order valence-corrected chi connectivity index (χ0v) is 35.1. The van der Waals surface area contributed by atoms with Crippen LogP contribution in [-0.2, 0) is 46.9 Å². The van der Waals surface area contributed by atoms with Gasteiger partial charge in [0, 0.05) is 45.2 Å². The average Bonchev–Trinajstić information content (AvgIpc) is 3.82. The van der Waals surface area contributed by atoms with Crippen LogP contribution in [0, 0.1) is 10.8 Å². The number of Topliss-reactive ketones (excluding diaryl/α,β-unsaturated/α-hetero) is 1. The molecule has 4 rings (SSSR count). The van der Waals surface area contributed by atoms with Gasteiger partial charge in [-0.2, -0.15) is 0 Å². The predicted molar refractivity (Wildman–Crippen MR) is 210 cm³/mol. The van der Waals surface area contributed by atoms with Crippen LogP contribution in [0.2, 0.25) is 0 Å². The number of nitrogens with zero attached hydrogens (tertiary/aromatic N) is 3. The van der Waals surface area contributed by atoms with E-state index in [9.17, 15) is 37.2 Å².